The van der Waals surface area contributed by atoms with Gasteiger partial charge in [0.25, 0.3) is 0 Å². The maximum absolute atomic E-state index is 10.8. The number of thiophene rings is 1. The SMILES string of the molecule is Cc1nc2sc3c(c2c2nc(CCC(=O)O)nn12)C(C)CCC3. The Morgan fingerprint density at radius 3 is 3.04 bits per heavy atom. The van der Waals surface area contributed by atoms with Crippen LogP contribution in [0.15, 0.2) is 0 Å². The van der Waals surface area contributed by atoms with Crippen molar-refractivity contribution in [2.45, 2.75) is 51.9 Å². The Bertz CT molecular complexity index is 927. The maximum Gasteiger partial charge on any atom is 0.303 e. The van der Waals surface area contributed by atoms with Gasteiger partial charge in [0.05, 0.1) is 11.8 Å². The van der Waals surface area contributed by atoms with Crippen LogP contribution < -0.4 is 0 Å². The second-order valence-corrected chi connectivity index (χ2v) is 7.31. The van der Waals surface area contributed by atoms with Crippen LogP contribution in [0.3, 0.4) is 0 Å². The van der Waals surface area contributed by atoms with Crippen molar-refractivity contribution in [3.8, 4) is 0 Å². The normalized spacial score (nSPS) is 17.7. The van der Waals surface area contributed by atoms with E-state index >= 15 is 0 Å². The molecule has 7 heteroatoms. The predicted molar refractivity (Wildman–Crippen MR) is 88.2 cm³/mol. The quantitative estimate of drug-likeness (QED) is 0.798. The van der Waals surface area contributed by atoms with Gasteiger partial charge in [0.15, 0.2) is 11.5 Å². The van der Waals surface area contributed by atoms with Crippen LogP contribution in [0.25, 0.3) is 15.9 Å². The summed E-state index contributed by atoms with van der Waals surface area (Å²) in [6, 6.07) is 0. The van der Waals surface area contributed by atoms with Crippen molar-refractivity contribution in [3.63, 3.8) is 0 Å². The summed E-state index contributed by atoms with van der Waals surface area (Å²) in [6.07, 6.45) is 3.93. The molecule has 1 aliphatic carbocycles. The summed E-state index contributed by atoms with van der Waals surface area (Å²) in [7, 11) is 0. The number of aromatic nitrogens is 4. The molecular weight excluding hydrogens is 312 g/mol. The minimum atomic E-state index is -0.828. The fourth-order valence-corrected chi connectivity index (χ4v) is 4.83. The Balaban J connectivity index is 1.95. The Morgan fingerprint density at radius 2 is 2.26 bits per heavy atom. The third kappa shape index (κ3) is 2.30. The summed E-state index contributed by atoms with van der Waals surface area (Å²) in [5, 5.41) is 14.5. The van der Waals surface area contributed by atoms with Crippen molar-refractivity contribution < 1.29 is 9.90 Å². The third-order valence-electron chi connectivity index (χ3n) is 4.54. The molecule has 3 aromatic heterocycles. The minimum Gasteiger partial charge on any atom is -0.481 e. The average Bonchev–Trinajstić information content (AvgIpc) is 3.06. The third-order valence-corrected chi connectivity index (χ3v) is 5.70. The van der Waals surface area contributed by atoms with Crippen LogP contribution in [0.2, 0.25) is 0 Å². The zero-order chi connectivity index (χ0) is 16.1. The van der Waals surface area contributed by atoms with Crippen LogP contribution in [0, 0.1) is 6.92 Å². The van der Waals surface area contributed by atoms with Crippen LogP contribution in [0.1, 0.15) is 54.2 Å². The molecule has 0 radical (unpaired) electrons. The van der Waals surface area contributed by atoms with Crippen molar-refractivity contribution in [2.75, 3.05) is 0 Å². The fraction of sp³-hybridized carbons (Fsp3) is 0.500. The Labute approximate surface area is 137 Å². The molecule has 0 aliphatic heterocycles. The second-order valence-electron chi connectivity index (χ2n) is 6.23. The molecule has 3 heterocycles. The second kappa shape index (κ2) is 5.26. The first-order valence-corrected chi connectivity index (χ1v) is 8.75. The van der Waals surface area contributed by atoms with Crippen LogP contribution in [0.5, 0.6) is 0 Å². The largest absolute Gasteiger partial charge is 0.481 e. The fourth-order valence-electron chi connectivity index (χ4n) is 3.45. The number of carboxylic acid groups (broad SMARTS) is 1. The summed E-state index contributed by atoms with van der Waals surface area (Å²) in [5.74, 6) is 1.06. The van der Waals surface area contributed by atoms with E-state index in [2.05, 4.69) is 17.0 Å². The molecule has 0 amide bonds. The molecule has 0 bridgehead atoms. The standard InChI is InChI=1S/C16H18N4O2S/c1-8-4-3-5-10-13(8)14-15-18-11(6-7-12(21)22)19-20(15)9(2)17-16(14)23-10/h8H,3-7H2,1-2H3,(H,21,22). The van der Waals surface area contributed by atoms with Gasteiger partial charge in [-0.25, -0.2) is 9.97 Å². The van der Waals surface area contributed by atoms with Crippen LogP contribution in [-0.4, -0.2) is 30.7 Å². The Hall–Kier alpha value is -2.02. The van der Waals surface area contributed by atoms with Gasteiger partial charge in [-0.1, -0.05) is 6.92 Å². The number of carboxylic acids is 1. The van der Waals surface area contributed by atoms with E-state index in [-0.39, 0.29) is 6.42 Å². The molecular formula is C16H18N4O2S. The van der Waals surface area contributed by atoms with Crippen molar-refractivity contribution in [2.24, 2.45) is 0 Å². The molecule has 0 saturated heterocycles. The predicted octanol–water partition coefficient (Wildman–Crippen LogP) is 3.10. The smallest absolute Gasteiger partial charge is 0.303 e. The van der Waals surface area contributed by atoms with Crippen LogP contribution in [-0.2, 0) is 17.6 Å². The van der Waals surface area contributed by atoms with E-state index in [4.69, 9.17) is 10.1 Å². The van der Waals surface area contributed by atoms with Gasteiger partial charge in [-0.15, -0.1) is 16.4 Å². The first kappa shape index (κ1) is 14.6. The Kier molecular flexibility index (Phi) is 3.33. The first-order chi connectivity index (χ1) is 11.0. The van der Waals surface area contributed by atoms with E-state index < -0.39 is 5.97 Å². The molecule has 3 aromatic rings. The first-order valence-electron chi connectivity index (χ1n) is 7.94. The number of hydrogen-bond acceptors (Lipinski definition) is 5. The molecule has 120 valence electrons. The van der Waals surface area contributed by atoms with Crippen molar-refractivity contribution in [1.82, 2.24) is 19.6 Å². The highest BCUT2D eigenvalue weighted by Gasteiger charge is 2.26. The van der Waals surface area contributed by atoms with E-state index in [0.717, 1.165) is 28.1 Å². The molecule has 23 heavy (non-hydrogen) atoms. The molecule has 1 aliphatic rings. The summed E-state index contributed by atoms with van der Waals surface area (Å²) in [6.45, 7) is 4.19. The van der Waals surface area contributed by atoms with Gasteiger partial charge in [-0.05, 0) is 37.7 Å². The number of aliphatic carboxylic acids is 1. The number of nitrogens with zero attached hydrogens (tertiary/aromatic N) is 4. The molecule has 1 unspecified atom stereocenters. The van der Waals surface area contributed by atoms with Gasteiger partial charge in [0.2, 0.25) is 0 Å². The van der Waals surface area contributed by atoms with Gasteiger partial charge in [0, 0.05) is 11.3 Å². The topological polar surface area (TPSA) is 80.4 Å². The molecule has 0 spiro atoms. The highest BCUT2D eigenvalue weighted by Crippen LogP contribution is 2.42. The number of aryl methyl sites for hydroxylation is 3. The highest BCUT2D eigenvalue weighted by atomic mass is 32.1. The number of carbonyl (C=O) groups is 1. The van der Waals surface area contributed by atoms with E-state index in [1.165, 1.54) is 23.3 Å². The maximum atomic E-state index is 10.8. The molecule has 1 N–H and O–H groups in total. The minimum absolute atomic E-state index is 0.0463. The van der Waals surface area contributed by atoms with Crippen LogP contribution in [0.4, 0.5) is 0 Å². The lowest BCUT2D eigenvalue weighted by atomic mass is 9.87. The highest BCUT2D eigenvalue weighted by molar-refractivity contribution is 7.19. The van der Waals surface area contributed by atoms with Crippen LogP contribution >= 0.6 is 11.3 Å². The van der Waals surface area contributed by atoms with Gasteiger partial charge in [0.1, 0.15) is 10.7 Å². The zero-order valence-corrected chi connectivity index (χ0v) is 14.0. The molecule has 4 rings (SSSR count). The van der Waals surface area contributed by atoms with Gasteiger partial charge in [-0.2, -0.15) is 4.52 Å². The average molecular weight is 330 g/mol. The summed E-state index contributed by atoms with van der Waals surface area (Å²) >= 11 is 1.77. The number of rotatable bonds is 3. The van der Waals surface area contributed by atoms with Crippen molar-refractivity contribution in [3.05, 3.63) is 22.1 Å². The Morgan fingerprint density at radius 1 is 1.43 bits per heavy atom. The van der Waals surface area contributed by atoms with Crippen molar-refractivity contribution >= 4 is 33.2 Å². The molecule has 0 aromatic carbocycles. The van der Waals surface area contributed by atoms with Gasteiger partial charge >= 0.3 is 5.97 Å². The molecule has 0 saturated carbocycles. The van der Waals surface area contributed by atoms with Crippen molar-refractivity contribution in [1.29, 1.82) is 0 Å². The lowest BCUT2D eigenvalue weighted by Gasteiger charge is -2.18. The molecule has 0 fully saturated rings. The van der Waals surface area contributed by atoms with E-state index in [1.54, 1.807) is 15.9 Å². The zero-order valence-electron chi connectivity index (χ0n) is 13.2. The summed E-state index contributed by atoms with van der Waals surface area (Å²) < 4.78 is 1.77. The van der Waals surface area contributed by atoms with Gasteiger partial charge in [-0.3, -0.25) is 4.79 Å². The van der Waals surface area contributed by atoms with Gasteiger partial charge < -0.3 is 5.11 Å². The molecule has 1 atom stereocenters. The monoisotopic (exact) mass is 330 g/mol. The van der Waals surface area contributed by atoms with E-state index in [9.17, 15) is 4.79 Å². The summed E-state index contributed by atoms with van der Waals surface area (Å²) in [4.78, 5) is 22.6. The number of hydrogen-bond donors (Lipinski definition) is 1. The molecule has 6 nitrogen and oxygen atoms in total. The summed E-state index contributed by atoms with van der Waals surface area (Å²) in [5.41, 5.74) is 2.21. The van der Waals surface area contributed by atoms with E-state index in [0.29, 0.717) is 18.2 Å². The number of fused-ring (bicyclic) bond motifs is 5. The van der Waals surface area contributed by atoms with E-state index in [1.807, 2.05) is 6.92 Å². The lowest BCUT2D eigenvalue weighted by Crippen LogP contribution is -2.05. The lowest BCUT2D eigenvalue weighted by molar-refractivity contribution is -0.137.